The van der Waals surface area contributed by atoms with Crippen LogP contribution in [-0.4, -0.2) is 17.9 Å². The predicted molar refractivity (Wildman–Crippen MR) is 53.6 cm³/mol. The first-order valence-corrected chi connectivity index (χ1v) is 4.56. The van der Waals surface area contributed by atoms with Crippen molar-refractivity contribution < 1.29 is 9.66 Å². The highest BCUT2D eigenvalue weighted by Gasteiger charge is 2.20. The standard InChI is InChI=1S/C9H10ClNO3/c1-14-9(6-10)7-4-2-3-5-8(7)11(12)13/h2-5,9H,6H2,1H3. The zero-order chi connectivity index (χ0) is 10.6. The molecule has 0 N–H and O–H groups in total. The predicted octanol–water partition coefficient (Wildman–Crippen LogP) is 2.52. The Kier molecular flexibility index (Phi) is 3.85. The van der Waals surface area contributed by atoms with Crippen LogP contribution in [0, 0.1) is 10.1 Å². The summed E-state index contributed by atoms with van der Waals surface area (Å²) in [6.45, 7) is 0. The highest BCUT2D eigenvalue weighted by atomic mass is 35.5. The Labute approximate surface area is 86.6 Å². The maximum atomic E-state index is 10.7. The lowest BCUT2D eigenvalue weighted by atomic mass is 10.1. The molecule has 0 radical (unpaired) electrons. The van der Waals surface area contributed by atoms with Gasteiger partial charge in [0.1, 0.15) is 6.10 Å². The van der Waals surface area contributed by atoms with E-state index < -0.39 is 11.0 Å². The summed E-state index contributed by atoms with van der Waals surface area (Å²) < 4.78 is 5.04. The van der Waals surface area contributed by atoms with Crippen molar-refractivity contribution in [2.45, 2.75) is 6.10 Å². The Balaban J connectivity index is 3.11. The molecule has 0 aliphatic rings. The van der Waals surface area contributed by atoms with Crippen molar-refractivity contribution in [1.82, 2.24) is 0 Å². The molecular weight excluding hydrogens is 206 g/mol. The second kappa shape index (κ2) is 4.93. The normalized spacial score (nSPS) is 12.4. The number of methoxy groups -OCH3 is 1. The third-order valence-corrected chi connectivity index (χ3v) is 2.19. The molecule has 0 aliphatic heterocycles. The summed E-state index contributed by atoms with van der Waals surface area (Å²) in [5.41, 5.74) is 0.551. The van der Waals surface area contributed by atoms with Gasteiger partial charge >= 0.3 is 0 Å². The number of nitrogens with zero attached hydrogens (tertiary/aromatic N) is 1. The lowest BCUT2D eigenvalue weighted by Crippen LogP contribution is -2.06. The number of ether oxygens (including phenoxy) is 1. The third kappa shape index (κ3) is 2.21. The quantitative estimate of drug-likeness (QED) is 0.441. The second-order valence-corrected chi connectivity index (χ2v) is 3.00. The van der Waals surface area contributed by atoms with Gasteiger partial charge in [0, 0.05) is 13.2 Å². The molecule has 4 nitrogen and oxygen atoms in total. The average molecular weight is 216 g/mol. The van der Waals surface area contributed by atoms with Crippen molar-refractivity contribution in [3.05, 3.63) is 39.9 Å². The summed E-state index contributed by atoms with van der Waals surface area (Å²) in [7, 11) is 1.48. The van der Waals surface area contributed by atoms with Gasteiger partial charge < -0.3 is 4.74 Å². The summed E-state index contributed by atoms with van der Waals surface area (Å²) in [5, 5.41) is 10.7. The second-order valence-electron chi connectivity index (χ2n) is 2.69. The molecule has 1 unspecified atom stereocenters. The minimum Gasteiger partial charge on any atom is -0.375 e. The Morgan fingerprint density at radius 2 is 2.21 bits per heavy atom. The van der Waals surface area contributed by atoms with E-state index in [9.17, 15) is 10.1 Å². The van der Waals surface area contributed by atoms with Crippen molar-refractivity contribution in [2.75, 3.05) is 13.0 Å². The van der Waals surface area contributed by atoms with Crippen molar-refractivity contribution in [1.29, 1.82) is 0 Å². The van der Waals surface area contributed by atoms with Crippen LogP contribution < -0.4 is 0 Å². The number of hydrogen-bond donors (Lipinski definition) is 0. The number of hydrogen-bond acceptors (Lipinski definition) is 3. The van der Waals surface area contributed by atoms with Gasteiger partial charge in [0.05, 0.1) is 16.4 Å². The van der Waals surface area contributed by atoms with Gasteiger partial charge in [-0.15, -0.1) is 11.6 Å². The number of rotatable bonds is 4. The van der Waals surface area contributed by atoms with Crippen molar-refractivity contribution in [3.8, 4) is 0 Å². The minimum absolute atomic E-state index is 0.0417. The van der Waals surface area contributed by atoms with Crippen molar-refractivity contribution in [3.63, 3.8) is 0 Å². The largest absolute Gasteiger partial charge is 0.375 e. The van der Waals surface area contributed by atoms with Gasteiger partial charge in [0.25, 0.3) is 5.69 Å². The first-order valence-electron chi connectivity index (χ1n) is 4.02. The van der Waals surface area contributed by atoms with Crippen molar-refractivity contribution in [2.24, 2.45) is 0 Å². The van der Waals surface area contributed by atoms with Gasteiger partial charge in [-0.3, -0.25) is 10.1 Å². The van der Waals surface area contributed by atoms with E-state index in [-0.39, 0.29) is 11.6 Å². The molecule has 0 bridgehead atoms. The zero-order valence-corrected chi connectivity index (χ0v) is 8.40. The van der Waals surface area contributed by atoms with Gasteiger partial charge in [0.2, 0.25) is 0 Å². The Bertz CT molecular complexity index is 326. The lowest BCUT2D eigenvalue weighted by Gasteiger charge is -2.11. The molecule has 1 aromatic rings. The molecular formula is C9H10ClNO3. The average Bonchev–Trinajstić information content (AvgIpc) is 2.20. The highest BCUT2D eigenvalue weighted by Crippen LogP contribution is 2.27. The Hall–Kier alpha value is -1.13. The third-order valence-electron chi connectivity index (χ3n) is 1.90. The van der Waals surface area contributed by atoms with Crippen molar-refractivity contribution >= 4 is 17.3 Å². The van der Waals surface area contributed by atoms with Crippen LogP contribution >= 0.6 is 11.6 Å². The summed E-state index contributed by atoms with van der Waals surface area (Å²) in [6.07, 6.45) is -0.432. The highest BCUT2D eigenvalue weighted by molar-refractivity contribution is 6.18. The molecule has 0 saturated heterocycles. The Morgan fingerprint density at radius 3 is 2.71 bits per heavy atom. The van der Waals surface area contributed by atoms with Crippen LogP contribution in [0.3, 0.4) is 0 Å². The van der Waals surface area contributed by atoms with Crippen LogP contribution in [0.15, 0.2) is 24.3 Å². The van der Waals surface area contributed by atoms with Gasteiger partial charge in [-0.2, -0.15) is 0 Å². The first kappa shape index (κ1) is 10.9. The fourth-order valence-corrected chi connectivity index (χ4v) is 1.49. The van der Waals surface area contributed by atoms with Crippen LogP contribution in [0.25, 0.3) is 0 Å². The van der Waals surface area contributed by atoms with Gasteiger partial charge in [0.15, 0.2) is 0 Å². The zero-order valence-electron chi connectivity index (χ0n) is 7.64. The molecule has 1 rings (SSSR count). The summed E-state index contributed by atoms with van der Waals surface area (Å²) in [4.78, 5) is 10.2. The number of benzene rings is 1. The van der Waals surface area contributed by atoms with E-state index in [1.807, 2.05) is 0 Å². The summed E-state index contributed by atoms with van der Waals surface area (Å²) >= 11 is 5.63. The van der Waals surface area contributed by atoms with E-state index in [0.29, 0.717) is 5.56 Å². The molecule has 76 valence electrons. The SMILES string of the molecule is COC(CCl)c1ccccc1[N+](=O)[O-]. The fourth-order valence-electron chi connectivity index (χ4n) is 1.20. The molecule has 5 heteroatoms. The van der Waals surface area contributed by atoms with E-state index in [1.54, 1.807) is 18.2 Å². The molecule has 0 spiro atoms. The fraction of sp³-hybridized carbons (Fsp3) is 0.333. The van der Waals surface area contributed by atoms with E-state index in [4.69, 9.17) is 16.3 Å². The van der Waals surface area contributed by atoms with Gasteiger partial charge in [-0.05, 0) is 6.07 Å². The van der Waals surface area contributed by atoms with Crippen LogP contribution in [0.1, 0.15) is 11.7 Å². The summed E-state index contributed by atoms with van der Waals surface area (Å²) in [5.74, 6) is 0.196. The summed E-state index contributed by atoms with van der Waals surface area (Å²) in [6, 6.07) is 6.42. The number of para-hydroxylation sites is 1. The Morgan fingerprint density at radius 1 is 1.57 bits per heavy atom. The van der Waals surface area contributed by atoms with Gasteiger partial charge in [-0.25, -0.2) is 0 Å². The lowest BCUT2D eigenvalue weighted by molar-refractivity contribution is -0.386. The molecule has 0 saturated carbocycles. The number of halogens is 1. The number of nitro groups is 1. The monoisotopic (exact) mass is 215 g/mol. The smallest absolute Gasteiger partial charge is 0.275 e. The molecule has 14 heavy (non-hydrogen) atoms. The van der Waals surface area contributed by atoms with Crippen LogP contribution in [-0.2, 0) is 4.74 Å². The van der Waals surface area contributed by atoms with Crippen LogP contribution in [0.5, 0.6) is 0 Å². The molecule has 0 heterocycles. The molecule has 1 aromatic carbocycles. The van der Waals surface area contributed by atoms with E-state index >= 15 is 0 Å². The van der Waals surface area contributed by atoms with E-state index in [1.165, 1.54) is 13.2 Å². The van der Waals surface area contributed by atoms with Crippen LogP contribution in [0.4, 0.5) is 5.69 Å². The first-order chi connectivity index (χ1) is 6.70. The minimum atomic E-state index is -0.437. The topological polar surface area (TPSA) is 52.4 Å². The van der Waals surface area contributed by atoms with E-state index in [2.05, 4.69) is 0 Å². The van der Waals surface area contributed by atoms with E-state index in [0.717, 1.165) is 0 Å². The molecule has 0 aliphatic carbocycles. The van der Waals surface area contributed by atoms with Crippen LogP contribution in [0.2, 0.25) is 0 Å². The molecule has 1 atom stereocenters. The number of alkyl halides is 1. The maximum absolute atomic E-state index is 10.7. The molecule has 0 aromatic heterocycles. The molecule has 0 amide bonds. The maximum Gasteiger partial charge on any atom is 0.275 e. The van der Waals surface area contributed by atoms with Gasteiger partial charge in [-0.1, -0.05) is 12.1 Å². The molecule has 0 fully saturated rings. The number of nitro benzene ring substituents is 1.